The van der Waals surface area contributed by atoms with E-state index in [1.807, 2.05) is 42.5 Å². The number of anilines is 2. The first-order valence-electron chi connectivity index (χ1n) is 10.0. The molecule has 6 heteroatoms. The number of hydrogen-bond acceptors (Lipinski definition) is 4. The lowest BCUT2D eigenvalue weighted by atomic mass is 10.0. The van der Waals surface area contributed by atoms with Crippen molar-refractivity contribution in [1.82, 2.24) is 10.3 Å². The highest BCUT2D eigenvalue weighted by molar-refractivity contribution is 6.13. The lowest BCUT2D eigenvalue weighted by molar-refractivity contribution is -0.134. The molecule has 1 aromatic carbocycles. The van der Waals surface area contributed by atoms with Gasteiger partial charge in [0.1, 0.15) is 5.41 Å². The molecule has 2 amide bonds. The Hall–Kier alpha value is -2.89. The molecule has 2 heterocycles. The maximum Gasteiger partial charge on any atom is 0.240 e. The quantitative estimate of drug-likeness (QED) is 0.758. The number of pyridine rings is 1. The van der Waals surface area contributed by atoms with Crippen LogP contribution in [0.2, 0.25) is 0 Å². The standard InChI is InChI=1S/C22H26N4O2/c27-20(24-16-18-6-2-3-13-23-18)22(11-12-22)21(28)25-17-7-9-19(10-8-17)26-14-4-1-5-15-26/h2-3,6-10,13H,1,4-5,11-12,14-16H2,(H,24,27)(H,25,28). The lowest BCUT2D eigenvalue weighted by Crippen LogP contribution is -2.39. The van der Waals surface area contributed by atoms with E-state index >= 15 is 0 Å². The Bertz CT molecular complexity index is 825. The van der Waals surface area contributed by atoms with E-state index in [1.54, 1.807) is 6.20 Å². The van der Waals surface area contributed by atoms with E-state index in [0.717, 1.165) is 24.5 Å². The number of nitrogens with one attached hydrogen (secondary N) is 2. The van der Waals surface area contributed by atoms with Gasteiger partial charge in [-0.3, -0.25) is 14.6 Å². The largest absolute Gasteiger partial charge is 0.372 e. The summed E-state index contributed by atoms with van der Waals surface area (Å²) in [5, 5.41) is 5.77. The number of piperidine rings is 1. The van der Waals surface area contributed by atoms with Crippen molar-refractivity contribution < 1.29 is 9.59 Å². The molecule has 1 saturated carbocycles. The molecule has 0 bridgehead atoms. The van der Waals surface area contributed by atoms with Crippen LogP contribution in [0.1, 0.15) is 37.8 Å². The fraction of sp³-hybridized carbons (Fsp3) is 0.409. The van der Waals surface area contributed by atoms with Gasteiger partial charge in [0.2, 0.25) is 11.8 Å². The van der Waals surface area contributed by atoms with Crippen LogP contribution in [0.25, 0.3) is 0 Å². The zero-order valence-corrected chi connectivity index (χ0v) is 16.0. The number of rotatable bonds is 6. The number of carbonyl (C=O) groups excluding carboxylic acids is 2. The monoisotopic (exact) mass is 378 g/mol. The minimum atomic E-state index is -0.944. The first-order chi connectivity index (χ1) is 13.7. The van der Waals surface area contributed by atoms with Crippen LogP contribution in [0.15, 0.2) is 48.7 Å². The van der Waals surface area contributed by atoms with Gasteiger partial charge in [-0.15, -0.1) is 0 Å². The van der Waals surface area contributed by atoms with Gasteiger partial charge in [0.15, 0.2) is 0 Å². The van der Waals surface area contributed by atoms with Gasteiger partial charge in [0, 0.05) is 30.7 Å². The van der Waals surface area contributed by atoms with Crippen molar-refractivity contribution in [1.29, 1.82) is 0 Å². The smallest absolute Gasteiger partial charge is 0.240 e. The third-order valence-corrected chi connectivity index (χ3v) is 5.62. The van der Waals surface area contributed by atoms with Crippen LogP contribution in [-0.2, 0) is 16.1 Å². The summed E-state index contributed by atoms with van der Waals surface area (Å²) >= 11 is 0. The van der Waals surface area contributed by atoms with Gasteiger partial charge in [-0.1, -0.05) is 6.07 Å². The van der Waals surface area contributed by atoms with Crippen molar-refractivity contribution >= 4 is 23.2 Å². The molecule has 4 rings (SSSR count). The van der Waals surface area contributed by atoms with E-state index in [-0.39, 0.29) is 11.8 Å². The number of carbonyl (C=O) groups is 2. The summed E-state index contributed by atoms with van der Waals surface area (Å²) in [7, 11) is 0. The molecule has 2 aromatic rings. The molecule has 2 fully saturated rings. The van der Waals surface area contributed by atoms with Crippen molar-refractivity contribution in [2.75, 3.05) is 23.3 Å². The molecule has 0 radical (unpaired) electrons. The van der Waals surface area contributed by atoms with E-state index < -0.39 is 5.41 Å². The Morgan fingerprint density at radius 2 is 1.71 bits per heavy atom. The zero-order valence-electron chi connectivity index (χ0n) is 16.0. The molecular weight excluding hydrogens is 352 g/mol. The minimum absolute atomic E-state index is 0.222. The molecule has 1 aliphatic heterocycles. The number of amides is 2. The summed E-state index contributed by atoms with van der Waals surface area (Å²) in [6.45, 7) is 2.51. The Morgan fingerprint density at radius 3 is 2.36 bits per heavy atom. The topological polar surface area (TPSA) is 74.3 Å². The summed E-state index contributed by atoms with van der Waals surface area (Å²) in [5.74, 6) is -0.447. The van der Waals surface area contributed by atoms with Crippen molar-refractivity contribution in [3.8, 4) is 0 Å². The van der Waals surface area contributed by atoms with E-state index in [0.29, 0.717) is 19.4 Å². The van der Waals surface area contributed by atoms with E-state index in [1.165, 1.54) is 24.9 Å². The molecule has 0 atom stereocenters. The number of nitrogens with zero attached hydrogens (tertiary/aromatic N) is 2. The van der Waals surface area contributed by atoms with E-state index in [2.05, 4.69) is 20.5 Å². The number of benzene rings is 1. The molecule has 1 saturated heterocycles. The van der Waals surface area contributed by atoms with Crippen molar-refractivity contribution in [3.05, 3.63) is 54.4 Å². The Kier molecular flexibility index (Phi) is 5.28. The van der Waals surface area contributed by atoms with Crippen LogP contribution >= 0.6 is 0 Å². The highest BCUT2D eigenvalue weighted by atomic mass is 16.2. The number of aromatic nitrogens is 1. The van der Waals surface area contributed by atoms with E-state index in [9.17, 15) is 9.59 Å². The molecule has 1 aliphatic carbocycles. The predicted molar refractivity (Wildman–Crippen MR) is 109 cm³/mol. The Balaban J connectivity index is 1.34. The molecule has 2 aliphatic rings. The van der Waals surface area contributed by atoms with Crippen LogP contribution in [0, 0.1) is 5.41 Å². The van der Waals surface area contributed by atoms with Crippen LogP contribution in [-0.4, -0.2) is 29.9 Å². The SMILES string of the molecule is O=C(NCc1ccccn1)C1(C(=O)Nc2ccc(N3CCCCC3)cc2)CC1. The van der Waals surface area contributed by atoms with E-state index in [4.69, 9.17) is 0 Å². The van der Waals surface area contributed by atoms with Crippen LogP contribution in [0.3, 0.4) is 0 Å². The molecular formula is C22H26N4O2. The first kappa shape index (κ1) is 18.5. The minimum Gasteiger partial charge on any atom is -0.372 e. The molecule has 0 spiro atoms. The molecule has 146 valence electrons. The maximum absolute atomic E-state index is 12.7. The average Bonchev–Trinajstić information content (AvgIpc) is 3.56. The Morgan fingerprint density at radius 1 is 0.964 bits per heavy atom. The van der Waals surface area contributed by atoms with Gasteiger partial charge < -0.3 is 15.5 Å². The lowest BCUT2D eigenvalue weighted by Gasteiger charge is -2.28. The van der Waals surface area contributed by atoms with Crippen LogP contribution < -0.4 is 15.5 Å². The zero-order chi connectivity index (χ0) is 19.4. The predicted octanol–water partition coefficient (Wildman–Crippen LogP) is 3.11. The molecule has 0 unspecified atom stereocenters. The van der Waals surface area contributed by atoms with Crippen molar-refractivity contribution in [2.45, 2.75) is 38.6 Å². The fourth-order valence-electron chi connectivity index (χ4n) is 3.68. The average molecular weight is 378 g/mol. The molecule has 6 nitrogen and oxygen atoms in total. The van der Waals surface area contributed by atoms with Gasteiger partial charge in [-0.2, -0.15) is 0 Å². The van der Waals surface area contributed by atoms with Crippen molar-refractivity contribution in [2.24, 2.45) is 5.41 Å². The maximum atomic E-state index is 12.7. The summed E-state index contributed by atoms with van der Waals surface area (Å²) in [6.07, 6.45) is 6.62. The highest BCUT2D eigenvalue weighted by Crippen LogP contribution is 2.47. The van der Waals surface area contributed by atoms with Gasteiger partial charge in [-0.05, 0) is 68.5 Å². The number of hydrogen-bond donors (Lipinski definition) is 2. The Labute approximate surface area is 165 Å². The van der Waals surface area contributed by atoms with Gasteiger partial charge >= 0.3 is 0 Å². The molecule has 28 heavy (non-hydrogen) atoms. The van der Waals surface area contributed by atoms with Crippen LogP contribution in [0.5, 0.6) is 0 Å². The third-order valence-electron chi connectivity index (χ3n) is 5.62. The molecule has 2 N–H and O–H groups in total. The van der Waals surface area contributed by atoms with Gasteiger partial charge in [0.05, 0.1) is 12.2 Å². The first-order valence-corrected chi connectivity index (χ1v) is 10.0. The highest BCUT2D eigenvalue weighted by Gasteiger charge is 2.56. The summed E-state index contributed by atoms with van der Waals surface area (Å²) in [4.78, 5) is 31.9. The summed E-state index contributed by atoms with van der Waals surface area (Å²) in [5.41, 5.74) is 1.75. The van der Waals surface area contributed by atoms with Crippen molar-refractivity contribution in [3.63, 3.8) is 0 Å². The summed E-state index contributed by atoms with van der Waals surface area (Å²) in [6, 6.07) is 13.5. The molecule has 1 aromatic heterocycles. The second-order valence-electron chi connectivity index (χ2n) is 7.63. The van der Waals surface area contributed by atoms with Gasteiger partial charge in [0.25, 0.3) is 0 Å². The second-order valence-corrected chi connectivity index (χ2v) is 7.63. The van der Waals surface area contributed by atoms with Crippen LogP contribution in [0.4, 0.5) is 11.4 Å². The summed E-state index contributed by atoms with van der Waals surface area (Å²) < 4.78 is 0. The third kappa shape index (κ3) is 4.01. The van der Waals surface area contributed by atoms with Gasteiger partial charge in [-0.25, -0.2) is 0 Å². The fourth-order valence-corrected chi connectivity index (χ4v) is 3.68. The second kappa shape index (κ2) is 8.00. The normalized spacial score (nSPS) is 17.6.